The second-order valence-corrected chi connectivity index (χ2v) is 6.97. The van der Waals surface area contributed by atoms with Crippen molar-refractivity contribution in [3.63, 3.8) is 0 Å². The van der Waals surface area contributed by atoms with E-state index in [0.29, 0.717) is 12.2 Å². The van der Waals surface area contributed by atoms with E-state index in [0.717, 1.165) is 26.2 Å². The molecule has 0 atom stereocenters. The molecule has 118 valence electrons. The summed E-state index contributed by atoms with van der Waals surface area (Å²) in [6.07, 6.45) is 1.78. The van der Waals surface area contributed by atoms with Gasteiger partial charge in [-0.05, 0) is 31.2 Å². The van der Waals surface area contributed by atoms with Crippen LogP contribution in [0.5, 0.6) is 5.75 Å². The van der Waals surface area contributed by atoms with Crippen LogP contribution < -0.4 is 10.1 Å². The normalized spacial score (nSPS) is 10.5. The van der Waals surface area contributed by atoms with E-state index in [9.17, 15) is 4.79 Å². The summed E-state index contributed by atoms with van der Waals surface area (Å²) in [5, 5.41) is 6.44. The summed E-state index contributed by atoms with van der Waals surface area (Å²) in [5.41, 5.74) is 1.40. The molecule has 23 heavy (non-hydrogen) atoms. The highest BCUT2D eigenvalue weighted by Crippen LogP contribution is 2.25. The minimum atomic E-state index is -0.174. The Morgan fingerprint density at radius 3 is 2.74 bits per heavy atom. The van der Waals surface area contributed by atoms with Gasteiger partial charge in [0.05, 0.1) is 18.7 Å². The third-order valence-corrected chi connectivity index (χ3v) is 4.97. The van der Waals surface area contributed by atoms with E-state index >= 15 is 0 Å². The van der Waals surface area contributed by atoms with Crippen LogP contribution in [0.1, 0.15) is 20.4 Å². The van der Waals surface area contributed by atoms with Crippen LogP contribution in [0.3, 0.4) is 0 Å². The van der Waals surface area contributed by atoms with Crippen LogP contribution in [0.15, 0.2) is 35.8 Å². The molecule has 7 heteroatoms. The van der Waals surface area contributed by atoms with E-state index in [1.807, 2.05) is 31.2 Å². The summed E-state index contributed by atoms with van der Waals surface area (Å²) in [6.45, 7) is 2.41. The van der Waals surface area contributed by atoms with Crippen LogP contribution in [0, 0.1) is 6.92 Å². The van der Waals surface area contributed by atoms with Crippen molar-refractivity contribution in [3.05, 3.63) is 51.4 Å². The largest absolute Gasteiger partial charge is 0.497 e. The van der Waals surface area contributed by atoms with Gasteiger partial charge >= 0.3 is 0 Å². The topological polar surface area (TPSA) is 64.1 Å². The molecule has 2 heterocycles. The predicted octanol–water partition coefficient (Wildman–Crippen LogP) is 3.51. The van der Waals surface area contributed by atoms with Crippen LogP contribution >= 0.6 is 22.7 Å². The van der Waals surface area contributed by atoms with E-state index < -0.39 is 0 Å². The van der Waals surface area contributed by atoms with Gasteiger partial charge in [0.1, 0.15) is 16.5 Å². The van der Waals surface area contributed by atoms with Gasteiger partial charge in [-0.25, -0.2) is 9.97 Å². The lowest BCUT2D eigenvalue weighted by Crippen LogP contribution is -2.22. The molecule has 3 aromatic rings. The first-order chi connectivity index (χ1) is 11.2. The molecule has 0 saturated carbocycles. The predicted molar refractivity (Wildman–Crippen MR) is 92.1 cm³/mol. The van der Waals surface area contributed by atoms with Gasteiger partial charge in [0.25, 0.3) is 5.91 Å². The monoisotopic (exact) mass is 345 g/mol. The maximum Gasteiger partial charge on any atom is 0.271 e. The van der Waals surface area contributed by atoms with Crippen molar-refractivity contribution in [1.29, 1.82) is 0 Å². The number of thiazole rings is 2. The van der Waals surface area contributed by atoms with Crippen molar-refractivity contribution in [1.82, 2.24) is 15.3 Å². The van der Waals surface area contributed by atoms with Crippen LogP contribution in [0.2, 0.25) is 0 Å². The minimum absolute atomic E-state index is 0.174. The van der Waals surface area contributed by atoms with E-state index in [4.69, 9.17) is 4.74 Å². The number of nitrogens with one attached hydrogen (secondary N) is 1. The number of rotatable bonds is 5. The first-order valence-corrected chi connectivity index (χ1v) is 8.65. The van der Waals surface area contributed by atoms with Crippen molar-refractivity contribution >= 4 is 28.6 Å². The first kappa shape index (κ1) is 15.6. The van der Waals surface area contributed by atoms with E-state index in [1.54, 1.807) is 30.0 Å². The highest BCUT2D eigenvalue weighted by Gasteiger charge is 2.12. The van der Waals surface area contributed by atoms with Crippen LogP contribution in [0.25, 0.3) is 10.6 Å². The van der Waals surface area contributed by atoms with Gasteiger partial charge in [-0.3, -0.25) is 4.79 Å². The molecule has 0 radical (unpaired) electrons. The van der Waals surface area contributed by atoms with E-state index in [1.165, 1.54) is 11.3 Å². The molecule has 1 aromatic carbocycles. The Hall–Kier alpha value is -2.25. The number of benzene rings is 1. The molecule has 1 N–H and O–H groups in total. The molecule has 5 nitrogen and oxygen atoms in total. The summed E-state index contributed by atoms with van der Waals surface area (Å²) < 4.78 is 5.14. The Kier molecular flexibility index (Phi) is 4.68. The van der Waals surface area contributed by atoms with Gasteiger partial charge in [0.15, 0.2) is 0 Å². The van der Waals surface area contributed by atoms with Crippen LogP contribution in [0.4, 0.5) is 0 Å². The Morgan fingerprint density at radius 1 is 1.30 bits per heavy atom. The molecular weight excluding hydrogens is 330 g/mol. The number of hydrogen-bond donors (Lipinski definition) is 1. The molecule has 0 aliphatic heterocycles. The molecule has 3 rings (SSSR count). The fraction of sp³-hybridized carbons (Fsp3) is 0.188. The lowest BCUT2D eigenvalue weighted by atomic mass is 10.2. The minimum Gasteiger partial charge on any atom is -0.497 e. The zero-order chi connectivity index (χ0) is 16.2. The second kappa shape index (κ2) is 6.89. The van der Waals surface area contributed by atoms with Crippen molar-refractivity contribution in [2.75, 3.05) is 7.11 Å². The highest BCUT2D eigenvalue weighted by molar-refractivity contribution is 7.13. The number of methoxy groups -OCH3 is 1. The maximum atomic E-state index is 12.2. The van der Waals surface area contributed by atoms with Gasteiger partial charge in [0, 0.05) is 22.0 Å². The number of amides is 1. The van der Waals surface area contributed by atoms with Crippen molar-refractivity contribution in [2.45, 2.75) is 13.5 Å². The third kappa shape index (κ3) is 3.75. The van der Waals surface area contributed by atoms with Gasteiger partial charge in [-0.1, -0.05) is 0 Å². The summed E-state index contributed by atoms with van der Waals surface area (Å²) in [5.74, 6) is 0.621. The third-order valence-electron chi connectivity index (χ3n) is 3.17. The fourth-order valence-corrected chi connectivity index (χ4v) is 3.53. The Morgan fingerprint density at radius 2 is 2.09 bits per heavy atom. The van der Waals surface area contributed by atoms with Crippen LogP contribution in [-0.4, -0.2) is 23.0 Å². The van der Waals surface area contributed by atoms with Gasteiger partial charge in [-0.15, -0.1) is 22.7 Å². The number of carbonyl (C=O) groups is 1. The number of ether oxygens (including phenoxy) is 1. The average Bonchev–Trinajstić information content (AvgIpc) is 3.22. The molecule has 0 aliphatic carbocycles. The molecule has 0 bridgehead atoms. The maximum absolute atomic E-state index is 12.2. The Bertz CT molecular complexity index is 809. The molecule has 0 spiro atoms. The van der Waals surface area contributed by atoms with Gasteiger partial charge in [-0.2, -0.15) is 0 Å². The lowest BCUT2D eigenvalue weighted by molar-refractivity contribution is 0.0947. The molecule has 2 aromatic heterocycles. The molecule has 0 fully saturated rings. The summed E-state index contributed by atoms with van der Waals surface area (Å²) in [6, 6.07) is 7.62. The number of aryl methyl sites for hydroxylation is 1. The van der Waals surface area contributed by atoms with Crippen molar-refractivity contribution < 1.29 is 9.53 Å². The van der Waals surface area contributed by atoms with Crippen LogP contribution in [-0.2, 0) is 6.54 Å². The number of nitrogens with zero attached hydrogens (tertiary/aromatic N) is 2. The zero-order valence-electron chi connectivity index (χ0n) is 12.7. The highest BCUT2D eigenvalue weighted by atomic mass is 32.1. The standard InChI is InChI=1S/C16H15N3O2S2/c1-10-17-7-13(23-10)8-18-15(20)14-9-22-16(19-14)11-3-5-12(21-2)6-4-11/h3-7,9H,8H2,1-2H3,(H,18,20). The Labute approximate surface area is 142 Å². The summed E-state index contributed by atoms with van der Waals surface area (Å²) in [4.78, 5) is 21.8. The Balaban J connectivity index is 1.66. The van der Waals surface area contributed by atoms with Gasteiger partial charge < -0.3 is 10.1 Å². The quantitative estimate of drug-likeness (QED) is 0.768. The smallest absolute Gasteiger partial charge is 0.271 e. The van der Waals surface area contributed by atoms with E-state index in [-0.39, 0.29) is 5.91 Å². The lowest BCUT2D eigenvalue weighted by Gasteiger charge is -2.01. The van der Waals surface area contributed by atoms with Gasteiger partial charge in [0.2, 0.25) is 0 Å². The zero-order valence-corrected chi connectivity index (χ0v) is 14.3. The number of carbonyl (C=O) groups excluding carboxylic acids is 1. The SMILES string of the molecule is COc1ccc(-c2nc(C(=O)NCc3cnc(C)s3)cs2)cc1. The van der Waals surface area contributed by atoms with Crippen molar-refractivity contribution in [2.24, 2.45) is 0 Å². The fourth-order valence-electron chi connectivity index (χ4n) is 1.99. The molecule has 0 unspecified atom stereocenters. The summed E-state index contributed by atoms with van der Waals surface area (Å²) >= 11 is 3.02. The van der Waals surface area contributed by atoms with Crippen molar-refractivity contribution in [3.8, 4) is 16.3 Å². The van der Waals surface area contributed by atoms with E-state index in [2.05, 4.69) is 15.3 Å². The first-order valence-electron chi connectivity index (χ1n) is 6.95. The molecule has 0 aliphatic rings. The number of hydrogen-bond acceptors (Lipinski definition) is 6. The molecule has 1 amide bonds. The molecular formula is C16H15N3O2S2. The molecule has 0 saturated heterocycles. The average molecular weight is 345 g/mol. The second-order valence-electron chi connectivity index (χ2n) is 4.79. The number of aromatic nitrogens is 2. The summed E-state index contributed by atoms with van der Waals surface area (Å²) in [7, 11) is 1.63.